The lowest BCUT2D eigenvalue weighted by Crippen LogP contribution is -2.04. The molecule has 0 aliphatic rings. The van der Waals surface area contributed by atoms with Gasteiger partial charge in [-0.15, -0.1) is 11.8 Å². The summed E-state index contributed by atoms with van der Waals surface area (Å²) in [6.07, 6.45) is 1.49. The number of nitrogens with one attached hydrogen (secondary N) is 1. The van der Waals surface area contributed by atoms with Gasteiger partial charge in [-0.05, 0) is 6.92 Å². The summed E-state index contributed by atoms with van der Waals surface area (Å²) in [7, 11) is 1.59. The monoisotopic (exact) mass is 229 g/mol. The van der Waals surface area contributed by atoms with Crippen LogP contribution in [0.3, 0.4) is 0 Å². The number of hydrogen-bond donors (Lipinski definition) is 2. The van der Waals surface area contributed by atoms with Crippen molar-refractivity contribution < 1.29 is 9.84 Å². The van der Waals surface area contributed by atoms with Crippen LogP contribution in [0.1, 0.15) is 6.92 Å². The Kier molecular flexibility index (Phi) is 5.20. The third kappa shape index (κ3) is 3.24. The lowest BCUT2D eigenvalue weighted by molar-refractivity contribution is 0.322. The summed E-state index contributed by atoms with van der Waals surface area (Å²) in [5.41, 5.74) is 0. The molecule has 5 nitrogen and oxygen atoms in total. The minimum absolute atomic E-state index is 0.119. The molecule has 2 N–H and O–H groups in total. The van der Waals surface area contributed by atoms with Gasteiger partial charge in [0.05, 0.1) is 13.7 Å². The van der Waals surface area contributed by atoms with Crippen LogP contribution in [-0.4, -0.2) is 41.1 Å². The number of ether oxygens (including phenoxy) is 1. The molecule has 0 spiro atoms. The third-order valence-electron chi connectivity index (χ3n) is 1.65. The Morgan fingerprint density at radius 2 is 2.33 bits per heavy atom. The van der Waals surface area contributed by atoms with Crippen LogP contribution in [0.25, 0.3) is 0 Å². The van der Waals surface area contributed by atoms with E-state index in [1.807, 2.05) is 6.92 Å². The average molecular weight is 229 g/mol. The van der Waals surface area contributed by atoms with Gasteiger partial charge in [0.1, 0.15) is 11.4 Å². The lowest BCUT2D eigenvalue weighted by atomic mass is 10.5. The number of hydrogen-bond acceptors (Lipinski definition) is 6. The van der Waals surface area contributed by atoms with E-state index in [1.54, 1.807) is 7.11 Å². The highest BCUT2D eigenvalue weighted by Gasteiger charge is 2.11. The maximum absolute atomic E-state index is 8.74. The van der Waals surface area contributed by atoms with E-state index in [4.69, 9.17) is 9.84 Å². The Labute approximate surface area is 93.3 Å². The second-order valence-corrected chi connectivity index (χ2v) is 3.75. The van der Waals surface area contributed by atoms with Gasteiger partial charge in [-0.2, -0.15) is 0 Å². The Bertz CT molecular complexity index is 309. The first-order chi connectivity index (χ1) is 7.33. The Morgan fingerprint density at radius 3 is 2.93 bits per heavy atom. The molecule has 0 aliphatic carbocycles. The Morgan fingerprint density at radius 1 is 1.53 bits per heavy atom. The molecule has 84 valence electrons. The van der Waals surface area contributed by atoms with E-state index in [9.17, 15) is 0 Å². The van der Waals surface area contributed by atoms with Crippen LogP contribution in [0, 0.1) is 0 Å². The molecule has 1 aromatic rings. The first-order valence-electron chi connectivity index (χ1n) is 4.70. The smallest absolute Gasteiger partial charge is 0.193 e. The van der Waals surface area contributed by atoms with E-state index in [1.165, 1.54) is 18.1 Å². The molecular formula is C9H15N3O2S. The first kappa shape index (κ1) is 12.1. The lowest BCUT2D eigenvalue weighted by Gasteiger charge is -2.11. The van der Waals surface area contributed by atoms with Gasteiger partial charge in [-0.1, -0.05) is 0 Å². The van der Waals surface area contributed by atoms with Crippen molar-refractivity contribution in [2.45, 2.75) is 11.9 Å². The van der Waals surface area contributed by atoms with Crippen molar-refractivity contribution in [2.75, 3.05) is 31.3 Å². The molecule has 0 saturated carbocycles. The van der Waals surface area contributed by atoms with Crippen LogP contribution in [0.15, 0.2) is 11.4 Å². The van der Waals surface area contributed by atoms with Crippen LogP contribution < -0.4 is 10.1 Å². The van der Waals surface area contributed by atoms with E-state index in [0.29, 0.717) is 17.3 Å². The summed E-state index contributed by atoms with van der Waals surface area (Å²) in [4.78, 5) is 8.19. The summed E-state index contributed by atoms with van der Waals surface area (Å²) >= 11 is 1.45. The number of rotatable bonds is 6. The summed E-state index contributed by atoms with van der Waals surface area (Å²) in [5.74, 6) is 1.92. The van der Waals surface area contributed by atoms with E-state index in [-0.39, 0.29) is 6.61 Å². The van der Waals surface area contributed by atoms with Crippen molar-refractivity contribution in [2.24, 2.45) is 0 Å². The average Bonchev–Trinajstić information content (AvgIpc) is 2.27. The van der Waals surface area contributed by atoms with Crippen molar-refractivity contribution >= 4 is 17.6 Å². The molecule has 0 aromatic carbocycles. The summed E-state index contributed by atoms with van der Waals surface area (Å²) in [5, 5.41) is 12.6. The quantitative estimate of drug-likeness (QED) is 0.560. The molecule has 1 aromatic heterocycles. The third-order valence-corrected chi connectivity index (χ3v) is 2.60. The van der Waals surface area contributed by atoms with Crippen LogP contribution in [0.5, 0.6) is 5.75 Å². The number of nitrogens with zero attached hydrogens (tertiary/aromatic N) is 2. The van der Waals surface area contributed by atoms with Crippen molar-refractivity contribution in [3.63, 3.8) is 0 Å². The molecule has 0 unspecified atom stereocenters. The van der Waals surface area contributed by atoms with E-state index in [0.717, 1.165) is 11.6 Å². The number of aromatic nitrogens is 2. The summed E-state index contributed by atoms with van der Waals surface area (Å²) in [6, 6.07) is 0. The Hall–Kier alpha value is -1.01. The van der Waals surface area contributed by atoms with Crippen molar-refractivity contribution in [3.8, 4) is 5.75 Å². The minimum atomic E-state index is 0.119. The normalized spacial score (nSPS) is 10.1. The van der Waals surface area contributed by atoms with Crippen LogP contribution >= 0.6 is 11.8 Å². The molecule has 6 heteroatoms. The van der Waals surface area contributed by atoms with E-state index in [2.05, 4.69) is 15.3 Å². The topological polar surface area (TPSA) is 67.3 Å². The highest BCUT2D eigenvalue weighted by molar-refractivity contribution is 7.99. The van der Waals surface area contributed by atoms with Crippen molar-refractivity contribution in [3.05, 3.63) is 6.33 Å². The predicted molar refractivity (Wildman–Crippen MR) is 60.6 cm³/mol. The molecule has 15 heavy (non-hydrogen) atoms. The maximum Gasteiger partial charge on any atom is 0.193 e. The van der Waals surface area contributed by atoms with E-state index >= 15 is 0 Å². The van der Waals surface area contributed by atoms with Crippen molar-refractivity contribution in [1.29, 1.82) is 0 Å². The number of thioether (sulfide) groups is 1. The highest BCUT2D eigenvalue weighted by Crippen LogP contribution is 2.31. The first-order valence-corrected chi connectivity index (χ1v) is 5.68. The molecule has 0 atom stereocenters. The summed E-state index contributed by atoms with van der Waals surface area (Å²) < 4.78 is 5.24. The van der Waals surface area contributed by atoms with Crippen LogP contribution in [0.4, 0.5) is 5.82 Å². The van der Waals surface area contributed by atoms with Gasteiger partial charge >= 0.3 is 0 Å². The SMILES string of the molecule is CCNc1ncnc(SCCO)c1OC. The van der Waals surface area contributed by atoms with Crippen LogP contribution in [-0.2, 0) is 0 Å². The fourth-order valence-corrected chi connectivity index (χ4v) is 1.80. The molecular weight excluding hydrogens is 214 g/mol. The fourth-order valence-electron chi connectivity index (χ4n) is 1.08. The zero-order chi connectivity index (χ0) is 11.1. The standard InChI is InChI=1S/C9H15N3O2S/c1-3-10-8-7(14-2)9(12-6-11-8)15-5-4-13/h6,13H,3-5H2,1-2H3,(H,10,11,12). The second kappa shape index (κ2) is 6.47. The minimum Gasteiger partial charge on any atom is -0.490 e. The zero-order valence-electron chi connectivity index (χ0n) is 8.86. The maximum atomic E-state index is 8.74. The molecule has 0 radical (unpaired) electrons. The molecule has 0 saturated heterocycles. The summed E-state index contributed by atoms with van der Waals surface area (Å²) in [6.45, 7) is 2.88. The van der Waals surface area contributed by atoms with Crippen molar-refractivity contribution in [1.82, 2.24) is 9.97 Å². The zero-order valence-corrected chi connectivity index (χ0v) is 9.67. The Balaban J connectivity index is 2.88. The molecule has 0 amide bonds. The largest absolute Gasteiger partial charge is 0.490 e. The van der Waals surface area contributed by atoms with Gasteiger partial charge in [-0.3, -0.25) is 0 Å². The van der Waals surface area contributed by atoms with E-state index < -0.39 is 0 Å². The van der Waals surface area contributed by atoms with Gasteiger partial charge in [0.2, 0.25) is 0 Å². The number of methoxy groups -OCH3 is 1. The van der Waals surface area contributed by atoms with Gasteiger partial charge in [-0.25, -0.2) is 9.97 Å². The second-order valence-electron chi connectivity index (χ2n) is 2.66. The molecule has 1 heterocycles. The predicted octanol–water partition coefficient (Wildman–Crippen LogP) is 1.00. The van der Waals surface area contributed by atoms with Gasteiger partial charge in [0, 0.05) is 12.3 Å². The number of anilines is 1. The molecule has 0 aliphatic heterocycles. The fraction of sp³-hybridized carbons (Fsp3) is 0.556. The highest BCUT2D eigenvalue weighted by atomic mass is 32.2. The molecule has 0 fully saturated rings. The van der Waals surface area contributed by atoms with Crippen LogP contribution in [0.2, 0.25) is 0 Å². The number of aliphatic hydroxyl groups excluding tert-OH is 1. The van der Waals surface area contributed by atoms with Gasteiger partial charge in [0.25, 0.3) is 0 Å². The van der Waals surface area contributed by atoms with Gasteiger partial charge < -0.3 is 15.2 Å². The molecule has 0 bridgehead atoms. The molecule has 1 rings (SSSR count). The number of aliphatic hydroxyl groups is 1. The van der Waals surface area contributed by atoms with Gasteiger partial charge in [0.15, 0.2) is 11.6 Å².